The van der Waals surface area contributed by atoms with Crippen molar-refractivity contribution in [3.63, 3.8) is 0 Å². The van der Waals surface area contributed by atoms with Gasteiger partial charge in [0.05, 0.1) is 6.04 Å². The summed E-state index contributed by atoms with van der Waals surface area (Å²) in [5.41, 5.74) is 10.9. The number of Topliss-reactive ketones (excluding diaryl/α,β-unsaturated/α-hetero) is 2. The van der Waals surface area contributed by atoms with Gasteiger partial charge in [-0.05, 0) is 245 Å². The fourth-order valence-electron chi connectivity index (χ4n) is 19.1. The zero-order valence-corrected chi connectivity index (χ0v) is 76.6. The van der Waals surface area contributed by atoms with Gasteiger partial charge in [-0.2, -0.15) is 0 Å². The van der Waals surface area contributed by atoms with Crippen molar-refractivity contribution in [1.82, 2.24) is 31.9 Å². The fourth-order valence-corrected chi connectivity index (χ4v) is 19.1. The first-order valence-corrected chi connectivity index (χ1v) is 47.5. The highest BCUT2D eigenvalue weighted by Gasteiger charge is 2.32. The SMILES string of the molecule is CCCC(C)CC(=O)NC(CCCCCCC(=O)CC(C)CCCC(C)CCC1=C(C)CCCC1(C)C)C(=O)CCCCCCCCNC(=O)CCCC(=O)NCCCCCNC(=O)C(CCCCNC(=O)CC(C)CCCC(C)CCC1=C(C)CCCC1(C)C)NC(=O)CC(C)CCCC(C)CCC1=C(C)CCCC1(C)C. The van der Waals surface area contributed by atoms with Crippen LogP contribution in [-0.2, 0) is 38.4 Å². The Hall–Kier alpha value is -4.62. The van der Waals surface area contributed by atoms with E-state index >= 15 is 0 Å². The van der Waals surface area contributed by atoms with E-state index in [4.69, 9.17) is 0 Å². The number of carbonyl (C=O) groups excluding carboxylic acids is 8. The van der Waals surface area contributed by atoms with Gasteiger partial charge in [0.15, 0.2) is 5.78 Å². The lowest BCUT2D eigenvalue weighted by Gasteiger charge is -2.35. The fraction of sp³-hybridized carbons (Fsp3) is 0.859. The van der Waals surface area contributed by atoms with Gasteiger partial charge in [-0.25, -0.2) is 0 Å². The third kappa shape index (κ3) is 46.9. The van der Waals surface area contributed by atoms with Crippen LogP contribution in [0.5, 0.6) is 0 Å². The number of nitrogens with one attached hydrogen (secondary N) is 6. The van der Waals surface area contributed by atoms with Crippen molar-refractivity contribution in [2.24, 2.45) is 57.7 Å². The molecule has 0 aromatic rings. The van der Waals surface area contributed by atoms with Crippen molar-refractivity contribution in [2.45, 2.75) is 464 Å². The highest BCUT2D eigenvalue weighted by molar-refractivity contribution is 5.89. The second kappa shape index (κ2) is 58.3. The molecule has 0 bridgehead atoms. The molecule has 0 aromatic heterocycles. The van der Waals surface area contributed by atoms with Gasteiger partial charge < -0.3 is 31.9 Å². The summed E-state index contributed by atoms with van der Waals surface area (Å²) in [5, 5.41) is 18.5. The van der Waals surface area contributed by atoms with E-state index in [9.17, 15) is 38.4 Å². The average molecular weight is 1580 g/mol. The lowest BCUT2D eigenvalue weighted by Crippen LogP contribution is -2.47. The molecule has 14 nitrogen and oxygen atoms in total. The standard InChI is InChI=1S/C99H178N6O8/c1-18-41-77(5)72-94(111)104-88(52-27-23-22-26-51-84(106)70-78(6)45-34-42-74(2)57-60-85-81(9)48-38-63-97(85,12)13)90(107)54-28-21-19-20-24-30-66-100-91(108)55-37-56-92(109)101-67-31-25-32-69-103-96(113)89(105-95(112)73-80(8)47-36-44-76(4)59-62-87-83(11)50-40-65-99(87,16)17)53-29-33-68-102-93(110)71-79(7)46-35-43-75(3)58-61-86-82(10)49-39-64-98(86,14)15/h74-80,88-89H,18-73H2,1-17H3,(H,100,108)(H,101,109)(H,102,110)(H,103,113)(H,104,111)(H,105,112). The number of ketones is 2. The topological polar surface area (TPSA) is 209 Å². The van der Waals surface area contributed by atoms with Gasteiger partial charge in [-0.3, -0.25) is 38.4 Å². The third-order valence-corrected chi connectivity index (χ3v) is 26.6. The number of hydrogen-bond acceptors (Lipinski definition) is 8. The molecule has 14 heteroatoms. The minimum absolute atomic E-state index is 0.0312. The van der Waals surface area contributed by atoms with Crippen LogP contribution in [0.25, 0.3) is 0 Å². The highest BCUT2D eigenvalue weighted by atomic mass is 16.2. The van der Waals surface area contributed by atoms with Crippen LogP contribution in [0.4, 0.5) is 0 Å². The molecular weight excluding hydrogens is 1400 g/mol. The molecule has 3 rings (SSSR count). The Bertz CT molecular complexity index is 2850. The summed E-state index contributed by atoms with van der Waals surface area (Å²) in [6, 6.07) is -1.11. The second-order valence-corrected chi connectivity index (χ2v) is 39.6. The molecule has 3 aliphatic rings. The molecule has 9 atom stereocenters. The normalized spacial score (nSPS) is 18.0. The molecule has 6 N–H and O–H groups in total. The summed E-state index contributed by atoms with van der Waals surface area (Å²) in [6.45, 7) is 41.6. The molecule has 113 heavy (non-hydrogen) atoms. The molecule has 0 radical (unpaired) electrons. The Morgan fingerprint density at radius 1 is 0.310 bits per heavy atom. The van der Waals surface area contributed by atoms with E-state index in [1.807, 2.05) is 0 Å². The monoisotopic (exact) mass is 1580 g/mol. The Morgan fingerprint density at radius 2 is 0.637 bits per heavy atom. The van der Waals surface area contributed by atoms with Crippen molar-refractivity contribution < 1.29 is 38.4 Å². The van der Waals surface area contributed by atoms with Crippen LogP contribution < -0.4 is 31.9 Å². The third-order valence-electron chi connectivity index (χ3n) is 26.6. The second-order valence-electron chi connectivity index (χ2n) is 39.6. The number of rotatable bonds is 66. The number of unbranched alkanes of at least 4 members (excludes halogenated alkanes) is 11. The van der Waals surface area contributed by atoms with Crippen molar-refractivity contribution >= 4 is 47.0 Å². The van der Waals surface area contributed by atoms with Crippen LogP contribution in [0.1, 0.15) is 452 Å². The summed E-state index contributed by atoms with van der Waals surface area (Å²) in [5.74, 6) is 3.42. The maximum atomic E-state index is 13.8. The number of allylic oxidation sites excluding steroid dienone is 6. The van der Waals surface area contributed by atoms with Crippen molar-refractivity contribution in [2.75, 3.05) is 26.2 Å². The molecule has 0 spiro atoms. The van der Waals surface area contributed by atoms with Crippen LogP contribution in [0.3, 0.4) is 0 Å². The van der Waals surface area contributed by atoms with E-state index in [-0.39, 0.29) is 59.5 Å². The molecular formula is C99H178N6O8. The summed E-state index contributed by atoms with van der Waals surface area (Å²) in [6.07, 6.45) is 49.3. The average Bonchev–Trinajstić information content (AvgIpc) is 0.832. The number of carbonyl (C=O) groups is 8. The van der Waals surface area contributed by atoms with E-state index < -0.39 is 12.1 Å². The van der Waals surface area contributed by atoms with E-state index in [1.54, 1.807) is 33.4 Å². The van der Waals surface area contributed by atoms with Gasteiger partial charge in [-0.1, -0.05) is 246 Å². The van der Waals surface area contributed by atoms with Crippen molar-refractivity contribution in [3.05, 3.63) is 33.4 Å². The van der Waals surface area contributed by atoms with Gasteiger partial charge in [0, 0.05) is 77.5 Å². The predicted molar refractivity (Wildman–Crippen MR) is 475 cm³/mol. The zero-order chi connectivity index (χ0) is 83.6. The quantitative estimate of drug-likeness (QED) is 0.0254. The first-order chi connectivity index (χ1) is 53.7. The lowest BCUT2D eigenvalue weighted by molar-refractivity contribution is -0.129. The molecule has 0 aromatic carbocycles. The summed E-state index contributed by atoms with van der Waals surface area (Å²) in [7, 11) is 0. The molecule has 0 saturated carbocycles. The molecule has 6 amide bonds. The maximum Gasteiger partial charge on any atom is 0.242 e. The molecule has 0 fully saturated rings. The number of hydrogen-bond donors (Lipinski definition) is 6. The van der Waals surface area contributed by atoms with Crippen molar-refractivity contribution in [1.29, 1.82) is 0 Å². The Kier molecular flexibility index (Phi) is 52.9. The zero-order valence-electron chi connectivity index (χ0n) is 76.6. The first-order valence-electron chi connectivity index (χ1n) is 47.5. The smallest absolute Gasteiger partial charge is 0.242 e. The van der Waals surface area contributed by atoms with Crippen LogP contribution in [-0.4, -0.2) is 85.3 Å². The minimum Gasteiger partial charge on any atom is -0.356 e. The lowest BCUT2D eigenvalue weighted by atomic mass is 9.70. The van der Waals surface area contributed by atoms with Crippen molar-refractivity contribution in [3.8, 4) is 0 Å². The maximum absolute atomic E-state index is 13.8. The Morgan fingerprint density at radius 3 is 1.08 bits per heavy atom. The van der Waals surface area contributed by atoms with Gasteiger partial charge in [0.2, 0.25) is 35.4 Å². The summed E-state index contributed by atoms with van der Waals surface area (Å²) >= 11 is 0. The summed E-state index contributed by atoms with van der Waals surface area (Å²) in [4.78, 5) is 105. The minimum atomic E-state index is -0.654. The molecule has 0 aliphatic heterocycles. The molecule has 0 saturated heterocycles. The number of amides is 6. The molecule has 9 unspecified atom stereocenters. The van der Waals surface area contributed by atoms with E-state index in [0.717, 1.165) is 141 Å². The Balaban J connectivity index is 1.28. The van der Waals surface area contributed by atoms with Gasteiger partial charge in [-0.15, -0.1) is 0 Å². The highest BCUT2D eigenvalue weighted by Crippen LogP contribution is 2.46. The first kappa shape index (κ1) is 103. The largest absolute Gasteiger partial charge is 0.356 e. The van der Waals surface area contributed by atoms with Crippen LogP contribution >= 0.6 is 0 Å². The molecule has 0 heterocycles. The van der Waals surface area contributed by atoms with Crippen LogP contribution in [0.15, 0.2) is 33.4 Å². The van der Waals surface area contributed by atoms with E-state index in [0.29, 0.717) is 148 Å². The predicted octanol–water partition coefficient (Wildman–Crippen LogP) is 24.4. The van der Waals surface area contributed by atoms with Crippen LogP contribution in [0, 0.1) is 57.7 Å². The van der Waals surface area contributed by atoms with Gasteiger partial charge in [0.25, 0.3) is 0 Å². The van der Waals surface area contributed by atoms with Gasteiger partial charge in [0.1, 0.15) is 11.8 Å². The Labute approximate surface area is 694 Å². The van der Waals surface area contributed by atoms with Crippen LogP contribution in [0.2, 0.25) is 0 Å². The summed E-state index contributed by atoms with van der Waals surface area (Å²) < 4.78 is 0. The molecule has 3 aliphatic carbocycles. The van der Waals surface area contributed by atoms with E-state index in [2.05, 4.69) is 150 Å². The van der Waals surface area contributed by atoms with Gasteiger partial charge >= 0.3 is 0 Å². The molecule has 652 valence electrons. The van der Waals surface area contributed by atoms with E-state index in [1.165, 1.54) is 116 Å².